The average Bonchev–Trinajstić information content (AvgIpc) is 1.57. The number of aromatic nitrogens is 6. The van der Waals surface area contributed by atoms with Crippen LogP contribution in [0.2, 0.25) is 0 Å². The van der Waals surface area contributed by atoms with Gasteiger partial charge in [-0.25, -0.2) is 19.0 Å². The van der Waals surface area contributed by atoms with E-state index >= 15 is 4.39 Å². The Labute approximate surface area is 529 Å². The molecule has 9 aromatic rings. The summed E-state index contributed by atoms with van der Waals surface area (Å²) in [6.07, 6.45) is -2.24. The van der Waals surface area contributed by atoms with Crippen LogP contribution in [0.5, 0.6) is 52.0 Å². The lowest BCUT2D eigenvalue weighted by molar-refractivity contribution is -0.132. The molecule has 4 aromatic heterocycles. The van der Waals surface area contributed by atoms with Gasteiger partial charge >= 0.3 is 12.4 Å². The van der Waals surface area contributed by atoms with Crippen LogP contribution in [0.3, 0.4) is 0 Å². The maximum absolute atomic E-state index is 15.0. The molecule has 2 fully saturated rings. The first kappa shape index (κ1) is 68.8. The van der Waals surface area contributed by atoms with Gasteiger partial charge in [0, 0.05) is 60.3 Å². The quantitative estimate of drug-likeness (QED) is 0.0429. The van der Waals surface area contributed by atoms with Gasteiger partial charge in [0.25, 0.3) is 0 Å². The van der Waals surface area contributed by atoms with Gasteiger partial charge in [-0.05, 0) is 132 Å². The highest BCUT2D eigenvalue weighted by molar-refractivity contribution is 5.99. The van der Waals surface area contributed by atoms with Crippen molar-refractivity contribution in [3.63, 3.8) is 0 Å². The van der Waals surface area contributed by atoms with Crippen LogP contribution in [-0.2, 0) is 0 Å². The molecule has 0 atom stereocenters. The van der Waals surface area contributed by atoms with Gasteiger partial charge in [-0.3, -0.25) is 9.59 Å². The molecule has 0 saturated heterocycles. The number of halogens is 12. The number of benzene rings is 5. The zero-order valence-electron chi connectivity index (χ0n) is 51.1. The van der Waals surface area contributed by atoms with Crippen molar-refractivity contribution in [3.8, 4) is 74.5 Å². The normalized spacial score (nSPS) is 13.0. The number of imidazole rings is 2. The number of ether oxygens (including phenoxy) is 6. The average molecular weight is 1320 g/mol. The predicted molar refractivity (Wildman–Crippen MR) is 321 cm³/mol. The second-order valence-corrected chi connectivity index (χ2v) is 21.8. The smallest absolute Gasteiger partial charge is 0.390 e. The molecule has 5 aromatic carbocycles. The number of carbonyl (C=O) groups excluding carboxylic acids is 2. The molecule has 0 bridgehead atoms. The van der Waals surface area contributed by atoms with Crippen molar-refractivity contribution >= 4 is 28.5 Å². The van der Waals surface area contributed by atoms with Crippen LogP contribution in [0.4, 0.5) is 58.4 Å². The number of alkyl halides is 6. The largest absolute Gasteiger partial charge is 0.491 e. The minimum absolute atomic E-state index is 0.0726. The minimum atomic E-state index is -4.39. The fraction of sp³-hybridized carbons (Fsp3) is 0.333. The molecule has 0 amide bonds. The number of fused-ring (bicyclic) bond motifs is 2. The standard InChI is InChI=1S/C34H29F4N3O5.C29H27F5N4O3.C3H6F3N/c1-4-43-24-10-12-26(32(37)30(24)35)45-28-16-29(46-27-13-11-25(44-5-2)31(36)33(27)38)40-41-22(17-39-34(28)41)20-8-9-21(18(3)14-20)23(42)15-19-6-7-19;1-3-40-23-8-9-24(27(31)26(23)30)41-25-14-20(35-11-10-29(32,33)34)28-36-15-21(38(28)37-25)18-6-7-19(16(2)12-18)22(39)13-17-4-5-17;4-3(5,6)1-2-7/h8-14,16-17,19H,4-7,15H2,1-3H3;6-9,12,14-15,17,35H,3-5,10-11,13H2,1-2H3;1-2,7H2. The van der Waals surface area contributed by atoms with E-state index in [0.29, 0.717) is 58.3 Å². The summed E-state index contributed by atoms with van der Waals surface area (Å²) in [5, 5.41) is 11.5. The molecule has 94 heavy (non-hydrogen) atoms. The fourth-order valence-corrected chi connectivity index (χ4v) is 9.65. The molecule has 0 spiro atoms. The van der Waals surface area contributed by atoms with Gasteiger partial charge in [0.1, 0.15) is 0 Å². The maximum atomic E-state index is 15.0. The number of carbonyl (C=O) groups is 2. The zero-order valence-corrected chi connectivity index (χ0v) is 51.1. The van der Waals surface area contributed by atoms with E-state index in [1.54, 1.807) is 51.1 Å². The van der Waals surface area contributed by atoms with Crippen LogP contribution >= 0.6 is 0 Å². The van der Waals surface area contributed by atoms with Crippen LogP contribution in [0.1, 0.15) is 104 Å². The first-order valence-electron chi connectivity index (χ1n) is 29.8. The third kappa shape index (κ3) is 17.0. The minimum Gasteiger partial charge on any atom is -0.491 e. The topological polar surface area (TPSA) is 188 Å². The number of Topliss-reactive ketones (excluding diaryl/α,β-unsaturated/α-hetero) is 2. The molecule has 16 nitrogen and oxygen atoms in total. The van der Waals surface area contributed by atoms with E-state index < -0.39 is 83.9 Å². The SMILES string of the molecule is CCOc1ccc(Oc2cc(NCCC(F)(F)F)c3ncc(-c4ccc(C(=O)CC5CC5)c(C)c4)n3n2)c(F)c1F.CCOc1ccc(Oc2cc(Oc3ccc(OCC)c(F)c3F)c3ncc(-c4ccc(C(=O)CC5CC5)c(C)c4)n3n2)c(F)c1F.NCCC(F)(F)F. The Bertz CT molecular complexity index is 4230. The Kier molecular flexibility index (Phi) is 21.6. The number of hydrogen-bond donors (Lipinski definition) is 2. The maximum Gasteiger partial charge on any atom is 0.390 e. The van der Waals surface area contributed by atoms with Gasteiger partial charge < -0.3 is 39.5 Å². The molecule has 11 rings (SSSR count). The van der Waals surface area contributed by atoms with Crippen molar-refractivity contribution < 1.29 is 90.7 Å². The Hall–Kier alpha value is -9.60. The molecule has 0 aliphatic heterocycles. The summed E-state index contributed by atoms with van der Waals surface area (Å²) in [5.41, 5.74) is 9.90. The molecule has 3 N–H and O–H groups in total. The highest BCUT2D eigenvalue weighted by atomic mass is 19.4. The van der Waals surface area contributed by atoms with Crippen molar-refractivity contribution in [2.45, 2.75) is 98.3 Å². The van der Waals surface area contributed by atoms with Crippen molar-refractivity contribution in [1.82, 2.24) is 29.2 Å². The van der Waals surface area contributed by atoms with Crippen molar-refractivity contribution in [2.75, 3.05) is 38.2 Å². The fourth-order valence-electron chi connectivity index (χ4n) is 9.65. The third-order valence-electron chi connectivity index (χ3n) is 14.6. The van der Waals surface area contributed by atoms with Crippen LogP contribution in [0, 0.1) is 60.6 Å². The Morgan fingerprint density at radius 3 is 1.28 bits per heavy atom. The summed E-state index contributed by atoms with van der Waals surface area (Å²) >= 11 is 0. The number of nitrogens with zero attached hydrogens (tertiary/aromatic N) is 6. The Balaban J connectivity index is 0.000000202. The van der Waals surface area contributed by atoms with Gasteiger partial charge in [0.2, 0.25) is 46.7 Å². The van der Waals surface area contributed by atoms with E-state index in [9.17, 15) is 57.9 Å². The highest BCUT2D eigenvalue weighted by Crippen LogP contribution is 2.41. The summed E-state index contributed by atoms with van der Waals surface area (Å²) in [6, 6.07) is 20.2. The van der Waals surface area contributed by atoms with Gasteiger partial charge in [0.05, 0.1) is 62.1 Å². The van der Waals surface area contributed by atoms with Crippen molar-refractivity contribution in [3.05, 3.63) is 154 Å². The molecule has 28 heteroatoms. The van der Waals surface area contributed by atoms with Crippen molar-refractivity contribution in [2.24, 2.45) is 17.6 Å². The molecule has 2 aliphatic carbocycles. The monoisotopic (exact) mass is 1320 g/mol. The molecule has 0 radical (unpaired) electrons. The Morgan fingerprint density at radius 2 is 0.894 bits per heavy atom. The number of nitrogens with one attached hydrogen (secondary N) is 1. The van der Waals surface area contributed by atoms with Crippen molar-refractivity contribution in [1.29, 1.82) is 0 Å². The van der Waals surface area contributed by atoms with Gasteiger partial charge in [-0.1, -0.05) is 24.3 Å². The number of rotatable bonds is 24. The second kappa shape index (κ2) is 29.6. The number of ketones is 2. The lowest BCUT2D eigenvalue weighted by atomic mass is 9.98. The zero-order chi connectivity index (χ0) is 67.8. The van der Waals surface area contributed by atoms with Gasteiger partial charge in [-0.2, -0.15) is 52.7 Å². The number of hydrogen-bond acceptors (Lipinski definition) is 14. The van der Waals surface area contributed by atoms with Gasteiger partial charge in [0.15, 0.2) is 63.1 Å². The molecule has 2 saturated carbocycles. The summed E-state index contributed by atoms with van der Waals surface area (Å²) in [6.45, 7) is 8.12. The summed E-state index contributed by atoms with van der Waals surface area (Å²) < 4.78 is 195. The number of aryl methyl sites for hydroxylation is 2. The van der Waals surface area contributed by atoms with E-state index in [0.717, 1.165) is 36.8 Å². The summed E-state index contributed by atoms with van der Waals surface area (Å²) in [4.78, 5) is 34.2. The molecular weight excluding hydrogens is 1260 g/mol. The van der Waals surface area contributed by atoms with Crippen LogP contribution in [0.25, 0.3) is 33.8 Å². The van der Waals surface area contributed by atoms with E-state index in [-0.39, 0.29) is 89.7 Å². The molecular formula is C66H62F12N8O8. The number of nitrogens with two attached hydrogens (primary N) is 1. The Morgan fingerprint density at radius 1 is 0.511 bits per heavy atom. The van der Waals surface area contributed by atoms with E-state index in [4.69, 9.17) is 28.4 Å². The van der Waals surface area contributed by atoms with Crippen LogP contribution in [-0.4, -0.2) is 86.0 Å². The third-order valence-corrected chi connectivity index (χ3v) is 14.6. The van der Waals surface area contributed by atoms with Crippen LogP contribution < -0.4 is 39.5 Å². The summed E-state index contributed by atoms with van der Waals surface area (Å²) in [7, 11) is 0. The first-order chi connectivity index (χ1) is 44.8. The van der Waals surface area contributed by atoms with Gasteiger partial charge in [-0.15, -0.1) is 10.2 Å². The van der Waals surface area contributed by atoms with E-state index in [1.165, 1.54) is 70.0 Å². The lowest BCUT2D eigenvalue weighted by Crippen LogP contribution is -2.15. The first-order valence-corrected chi connectivity index (χ1v) is 29.8. The predicted octanol–water partition coefficient (Wildman–Crippen LogP) is 17.0. The molecule has 498 valence electrons. The molecule has 4 heterocycles. The van der Waals surface area contributed by atoms with E-state index in [2.05, 4.69) is 31.2 Å². The lowest BCUT2D eigenvalue weighted by Gasteiger charge is -2.14. The highest BCUT2D eigenvalue weighted by Gasteiger charge is 2.30. The molecule has 0 unspecified atom stereocenters. The molecule has 2 aliphatic rings. The summed E-state index contributed by atoms with van der Waals surface area (Å²) in [5.74, 6) is -9.63. The van der Waals surface area contributed by atoms with Crippen LogP contribution in [0.15, 0.2) is 97.3 Å². The number of anilines is 1. The second-order valence-electron chi connectivity index (χ2n) is 21.8. The van der Waals surface area contributed by atoms with E-state index in [1.807, 2.05) is 19.9 Å².